The zero-order valence-electron chi connectivity index (χ0n) is 15.4. The van der Waals surface area contributed by atoms with E-state index in [4.69, 9.17) is 16.3 Å². The van der Waals surface area contributed by atoms with Crippen LogP contribution in [0.25, 0.3) is 10.2 Å². The first-order valence-corrected chi connectivity index (χ1v) is 10.7. The van der Waals surface area contributed by atoms with Gasteiger partial charge in [0.25, 0.3) is 5.56 Å². The molecule has 0 bridgehead atoms. The molecule has 2 aromatic heterocycles. The Morgan fingerprint density at radius 2 is 2.11 bits per heavy atom. The third kappa shape index (κ3) is 4.04. The van der Waals surface area contributed by atoms with E-state index in [0.29, 0.717) is 24.1 Å². The van der Waals surface area contributed by atoms with Gasteiger partial charge in [-0.05, 0) is 67.9 Å². The molecule has 0 spiro atoms. The standard InChI is InChI=1S/C21H23ClN2O2S/c1-14-4-9-17-18(12-14)27-20-19(17)21(25)24(13-23-20)10-2-3-11-26-16-7-5-15(22)6-8-16/h5-8,13-14H,2-4,9-12H2,1H3/t14-/m0/s1. The van der Waals surface area contributed by atoms with Gasteiger partial charge in [0.15, 0.2) is 0 Å². The van der Waals surface area contributed by atoms with Crippen LogP contribution in [-0.2, 0) is 19.4 Å². The Morgan fingerprint density at radius 1 is 1.30 bits per heavy atom. The summed E-state index contributed by atoms with van der Waals surface area (Å²) in [5.74, 6) is 1.52. The molecule has 27 heavy (non-hydrogen) atoms. The summed E-state index contributed by atoms with van der Waals surface area (Å²) in [5, 5.41) is 1.57. The molecule has 0 unspecified atom stereocenters. The summed E-state index contributed by atoms with van der Waals surface area (Å²) in [6, 6.07) is 7.37. The molecule has 0 aliphatic heterocycles. The van der Waals surface area contributed by atoms with Gasteiger partial charge in [0.05, 0.1) is 18.3 Å². The molecule has 0 saturated carbocycles. The van der Waals surface area contributed by atoms with Crippen molar-refractivity contribution in [3.05, 3.63) is 56.4 Å². The molecule has 2 heterocycles. The van der Waals surface area contributed by atoms with Gasteiger partial charge < -0.3 is 4.74 Å². The monoisotopic (exact) mass is 402 g/mol. The highest BCUT2D eigenvalue weighted by Crippen LogP contribution is 2.35. The van der Waals surface area contributed by atoms with Crippen LogP contribution in [0.5, 0.6) is 5.75 Å². The van der Waals surface area contributed by atoms with Crippen molar-refractivity contribution in [1.29, 1.82) is 0 Å². The SMILES string of the molecule is C[C@H]1CCc2c(sc3ncn(CCCCOc4ccc(Cl)cc4)c(=O)c23)C1. The molecule has 0 fully saturated rings. The molecule has 1 aliphatic rings. The molecule has 6 heteroatoms. The summed E-state index contributed by atoms with van der Waals surface area (Å²) in [7, 11) is 0. The molecular formula is C21H23ClN2O2S. The average Bonchev–Trinajstić information content (AvgIpc) is 3.03. The maximum absolute atomic E-state index is 12.9. The van der Waals surface area contributed by atoms with Crippen molar-refractivity contribution in [2.75, 3.05) is 6.61 Å². The van der Waals surface area contributed by atoms with Gasteiger partial charge in [-0.15, -0.1) is 11.3 Å². The summed E-state index contributed by atoms with van der Waals surface area (Å²) in [5.41, 5.74) is 1.37. The van der Waals surface area contributed by atoms with E-state index in [9.17, 15) is 4.79 Å². The molecular weight excluding hydrogens is 380 g/mol. The fraction of sp³-hybridized carbons (Fsp3) is 0.429. The van der Waals surface area contributed by atoms with Crippen molar-refractivity contribution < 1.29 is 4.74 Å². The number of aryl methyl sites for hydroxylation is 2. The van der Waals surface area contributed by atoms with E-state index in [1.54, 1.807) is 22.2 Å². The number of hydrogen-bond acceptors (Lipinski definition) is 4. The zero-order valence-corrected chi connectivity index (χ0v) is 17.0. The lowest BCUT2D eigenvalue weighted by atomic mass is 9.89. The second-order valence-corrected chi connectivity index (χ2v) is 8.80. The summed E-state index contributed by atoms with van der Waals surface area (Å²) < 4.78 is 7.47. The molecule has 1 atom stereocenters. The second-order valence-electron chi connectivity index (χ2n) is 7.28. The van der Waals surface area contributed by atoms with Gasteiger partial charge in [-0.3, -0.25) is 9.36 Å². The smallest absolute Gasteiger partial charge is 0.262 e. The van der Waals surface area contributed by atoms with Crippen molar-refractivity contribution in [2.45, 2.75) is 45.6 Å². The molecule has 4 nitrogen and oxygen atoms in total. The number of halogens is 1. The van der Waals surface area contributed by atoms with Crippen LogP contribution in [0.15, 0.2) is 35.4 Å². The minimum Gasteiger partial charge on any atom is -0.494 e. The van der Waals surface area contributed by atoms with E-state index in [1.165, 1.54) is 10.4 Å². The number of rotatable bonds is 6. The van der Waals surface area contributed by atoms with Gasteiger partial charge in [0.2, 0.25) is 0 Å². The Labute approximate surface area is 167 Å². The number of thiophene rings is 1. The van der Waals surface area contributed by atoms with Crippen LogP contribution in [0.4, 0.5) is 0 Å². The van der Waals surface area contributed by atoms with Gasteiger partial charge in [0.1, 0.15) is 10.6 Å². The highest BCUT2D eigenvalue weighted by Gasteiger charge is 2.23. The quantitative estimate of drug-likeness (QED) is 0.539. The molecule has 0 saturated heterocycles. The van der Waals surface area contributed by atoms with E-state index in [2.05, 4.69) is 11.9 Å². The highest BCUT2D eigenvalue weighted by atomic mass is 35.5. The molecule has 0 radical (unpaired) electrons. The third-order valence-corrected chi connectivity index (χ3v) is 6.57. The number of ether oxygens (including phenoxy) is 1. The Bertz CT molecular complexity index is 994. The fourth-order valence-corrected chi connectivity index (χ4v) is 5.10. The van der Waals surface area contributed by atoms with E-state index in [-0.39, 0.29) is 5.56 Å². The number of fused-ring (bicyclic) bond motifs is 3. The summed E-state index contributed by atoms with van der Waals surface area (Å²) in [6.07, 6.45) is 6.71. The van der Waals surface area contributed by atoms with Gasteiger partial charge >= 0.3 is 0 Å². The van der Waals surface area contributed by atoms with Crippen LogP contribution in [0.2, 0.25) is 5.02 Å². The lowest BCUT2D eigenvalue weighted by Gasteiger charge is -2.17. The van der Waals surface area contributed by atoms with E-state index >= 15 is 0 Å². The Hall–Kier alpha value is -1.85. The number of aromatic nitrogens is 2. The van der Waals surface area contributed by atoms with Crippen molar-refractivity contribution in [3.63, 3.8) is 0 Å². The van der Waals surface area contributed by atoms with Crippen LogP contribution in [0, 0.1) is 5.92 Å². The maximum Gasteiger partial charge on any atom is 0.262 e. The molecule has 4 rings (SSSR count). The van der Waals surface area contributed by atoms with E-state index < -0.39 is 0 Å². The zero-order chi connectivity index (χ0) is 18.8. The molecule has 0 amide bonds. The van der Waals surface area contributed by atoms with Crippen LogP contribution >= 0.6 is 22.9 Å². The lowest BCUT2D eigenvalue weighted by Crippen LogP contribution is -2.22. The fourth-order valence-electron chi connectivity index (χ4n) is 3.63. The Kier molecular flexibility index (Phi) is 5.50. The third-order valence-electron chi connectivity index (χ3n) is 5.16. The topological polar surface area (TPSA) is 44.1 Å². The van der Waals surface area contributed by atoms with E-state index in [0.717, 1.165) is 48.1 Å². The largest absolute Gasteiger partial charge is 0.494 e. The van der Waals surface area contributed by atoms with Gasteiger partial charge in [-0.2, -0.15) is 0 Å². The normalized spacial score (nSPS) is 16.4. The molecule has 1 aliphatic carbocycles. The van der Waals surface area contributed by atoms with Crippen LogP contribution < -0.4 is 10.3 Å². The van der Waals surface area contributed by atoms with Crippen molar-refractivity contribution in [1.82, 2.24) is 9.55 Å². The first kappa shape index (κ1) is 18.5. The number of benzene rings is 1. The lowest BCUT2D eigenvalue weighted by molar-refractivity contribution is 0.303. The van der Waals surface area contributed by atoms with Gasteiger partial charge in [-0.25, -0.2) is 4.98 Å². The minimum atomic E-state index is 0.116. The summed E-state index contributed by atoms with van der Waals surface area (Å²) in [6.45, 7) is 3.58. The predicted molar refractivity (Wildman–Crippen MR) is 111 cm³/mol. The van der Waals surface area contributed by atoms with Crippen molar-refractivity contribution in [3.8, 4) is 5.75 Å². The van der Waals surface area contributed by atoms with Crippen LogP contribution in [-0.4, -0.2) is 16.2 Å². The summed E-state index contributed by atoms with van der Waals surface area (Å²) in [4.78, 5) is 19.8. The van der Waals surface area contributed by atoms with Crippen LogP contribution in [0.3, 0.4) is 0 Å². The van der Waals surface area contributed by atoms with E-state index in [1.807, 2.05) is 24.3 Å². The Morgan fingerprint density at radius 3 is 2.93 bits per heavy atom. The molecule has 142 valence electrons. The van der Waals surface area contributed by atoms with Gasteiger partial charge in [0, 0.05) is 16.4 Å². The van der Waals surface area contributed by atoms with Crippen molar-refractivity contribution in [2.24, 2.45) is 5.92 Å². The molecule has 1 aromatic carbocycles. The first-order valence-electron chi connectivity index (χ1n) is 9.50. The molecule has 0 N–H and O–H groups in total. The maximum atomic E-state index is 12.9. The van der Waals surface area contributed by atoms with Crippen LogP contribution in [0.1, 0.15) is 36.6 Å². The summed E-state index contributed by atoms with van der Waals surface area (Å²) >= 11 is 7.57. The van der Waals surface area contributed by atoms with Gasteiger partial charge in [-0.1, -0.05) is 18.5 Å². The number of nitrogens with zero attached hydrogens (tertiary/aromatic N) is 2. The highest BCUT2D eigenvalue weighted by molar-refractivity contribution is 7.18. The predicted octanol–water partition coefficient (Wildman–Crippen LogP) is 5.10. The number of unbranched alkanes of at least 4 members (excludes halogenated alkanes) is 1. The number of hydrogen-bond donors (Lipinski definition) is 0. The minimum absolute atomic E-state index is 0.116. The second kappa shape index (κ2) is 8.03. The molecule has 3 aromatic rings. The first-order chi connectivity index (χ1) is 13.1. The Balaban J connectivity index is 1.38. The average molecular weight is 403 g/mol. The van der Waals surface area contributed by atoms with Crippen molar-refractivity contribution >= 4 is 33.2 Å².